The third-order valence-electron chi connectivity index (χ3n) is 5.44. The Bertz CT molecular complexity index is 907. The largest absolute Gasteiger partial charge is 0.349 e. The summed E-state index contributed by atoms with van der Waals surface area (Å²) in [5.74, 6) is 0.0243. The number of carbonyl (C=O) groups is 1. The summed E-state index contributed by atoms with van der Waals surface area (Å²) in [5.41, 5.74) is 4.46. The molecule has 0 atom stereocenters. The molecule has 0 spiro atoms. The molecule has 144 valence electrons. The third kappa shape index (κ3) is 4.52. The van der Waals surface area contributed by atoms with E-state index < -0.39 is 0 Å². The fourth-order valence-electron chi connectivity index (χ4n) is 3.86. The van der Waals surface area contributed by atoms with Crippen molar-refractivity contribution in [3.8, 4) is 5.69 Å². The van der Waals surface area contributed by atoms with Gasteiger partial charge in [-0.3, -0.25) is 9.69 Å². The zero-order valence-electron chi connectivity index (χ0n) is 16.3. The van der Waals surface area contributed by atoms with E-state index >= 15 is 0 Å². The number of aryl methyl sites for hydroxylation is 1. The summed E-state index contributed by atoms with van der Waals surface area (Å²) < 4.78 is 2.03. The maximum atomic E-state index is 12.6. The summed E-state index contributed by atoms with van der Waals surface area (Å²) in [6.07, 6.45) is 6.00. The van der Waals surface area contributed by atoms with Gasteiger partial charge in [-0.15, -0.1) is 0 Å². The van der Waals surface area contributed by atoms with Crippen LogP contribution in [0.4, 0.5) is 0 Å². The van der Waals surface area contributed by atoms with Gasteiger partial charge in [0.05, 0.1) is 0 Å². The zero-order chi connectivity index (χ0) is 19.3. The molecule has 0 aliphatic carbocycles. The van der Waals surface area contributed by atoms with Crippen LogP contribution in [0, 0.1) is 6.92 Å². The second-order valence-corrected chi connectivity index (χ2v) is 7.65. The Morgan fingerprint density at radius 3 is 2.39 bits per heavy atom. The summed E-state index contributed by atoms with van der Waals surface area (Å²) in [4.78, 5) is 15.1. The van der Waals surface area contributed by atoms with Gasteiger partial charge in [-0.1, -0.05) is 29.8 Å². The molecule has 4 rings (SSSR count). The summed E-state index contributed by atoms with van der Waals surface area (Å²) in [5, 5.41) is 3.21. The van der Waals surface area contributed by atoms with E-state index in [1.54, 1.807) is 0 Å². The van der Waals surface area contributed by atoms with Crippen molar-refractivity contribution in [3.05, 3.63) is 89.7 Å². The Hall–Kier alpha value is -2.85. The smallest absolute Gasteiger partial charge is 0.251 e. The number of benzene rings is 2. The number of nitrogens with one attached hydrogen (secondary N) is 1. The molecular weight excluding hydrogens is 346 g/mol. The molecule has 1 aliphatic heterocycles. The fourth-order valence-corrected chi connectivity index (χ4v) is 3.86. The van der Waals surface area contributed by atoms with Gasteiger partial charge in [-0.05, 0) is 61.7 Å². The van der Waals surface area contributed by atoms with Gasteiger partial charge in [0.25, 0.3) is 5.91 Å². The molecule has 1 N–H and O–H groups in total. The standard InChI is InChI=1S/C24H27N3O/c1-19-5-4-6-20(17-19)18-26-15-11-22(12-16-26)25-24(28)21-7-9-23(10-8-21)27-13-2-3-14-27/h2-10,13-14,17,22H,11-12,15-16,18H2,1H3,(H,25,28). The van der Waals surface area contributed by atoms with Crippen LogP contribution >= 0.6 is 0 Å². The number of piperidine rings is 1. The van der Waals surface area contributed by atoms with Gasteiger partial charge in [-0.25, -0.2) is 0 Å². The SMILES string of the molecule is Cc1cccc(CN2CCC(NC(=O)c3ccc(-n4cccc4)cc3)CC2)c1. The molecule has 0 radical (unpaired) electrons. The lowest BCUT2D eigenvalue weighted by molar-refractivity contribution is 0.0909. The van der Waals surface area contributed by atoms with Crippen molar-refractivity contribution in [3.63, 3.8) is 0 Å². The zero-order valence-corrected chi connectivity index (χ0v) is 16.3. The van der Waals surface area contributed by atoms with Crippen molar-refractivity contribution in [1.82, 2.24) is 14.8 Å². The Labute approximate surface area is 166 Å². The highest BCUT2D eigenvalue weighted by Crippen LogP contribution is 2.16. The fraction of sp³-hybridized carbons (Fsp3) is 0.292. The molecule has 1 saturated heterocycles. The van der Waals surface area contributed by atoms with Crippen LogP contribution in [0.2, 0.25) is 0 Å². The lowest BCUT2D eigenvalue weighted by atomic mass is 10.0. The Morgan fingerprint density at radius 1 is 1.00 bits per heavy atom. The first kappa shape index (κ1) is 18.5. The number of amides is 1. The number of hydrogen-bond donors (Lipinski definition) is 1. The van der Waals surface area contributed by atoms with Gasteiger partial charge in [0.1, 0.15) is 0 Å². The van der Waals surface area contributed by atoms with Gasteiger partial charge in [0.2, 0.25) is 0 Å². The van der Waals surface area contributed by atoms with E-state index in [1.807, 2.05) is 53.4 Å². The highest BCUT2D eigenvalue weighted by molar-refractivity contribution is 5.94. The predicted molar refractivity (Wildman–Crippen MR) is 113 cm³/mol. The second kappa shape index (κ2) is 8.44. The summed E-state index contributed by atoms with van der Waals surface area (Å²) >= 11 is 0. The molecule has 4 nitrogen and oxygen atoms in total. The van der Waals surface area contributed by atoms with Crippen molar-refractivity contribution in [2.24, 2.45) is 0 Å². The summed E-state index contributed by atoms with van der Waals surface area (Å²) in [6.45, 7) is 5.16. The monoisotopic (exact) mass is 373 g/mol. The normalized spacial score (nSPS) is 15.5. The topological polar surface area (TPSA) is 37.3 Å². The molecule has 1 fully saturated rings. The van der Waals surface area contributed by atoms with Crippen molar-refractivity contribution < 1.29 is 4.79 Å². The van der Waals surface area contributed by atoms with Gasteiger partial charge in [0.15, 0.2) is 0 Å². The average molecular weight is 374 g/mol. The average Bonchev–Trinajstić information content (AvgIpc) is 3.24. The highest BCUT2D eigenvalue weighted by atomic mass is 16.1. The molecule has 28 heavy (non-hydrogen) atoms. The van der Waals surface area contributed by atoms with Crippen molar-refractivity contribution >= 4 is 5.91 Å². The van der Waals surface area contributed by atoms with Gasteiger partial charge in [-0.2, -0.15) is 0 Å². The molecule has 0 saturated carbocycles. The number of aromatic nitrogens is 1. The maximum Gasteiger partial charge on any atom is 0.251 e. The van der Waals surface area contributed by atoms with Crippen molar-refractivity contribution in [1.29, 1.82) is 0 Å². The van der Waals surface area contributed by atoms with E-state index in [1.165, 1.54) is 11.1 Å². The Morgan fingerprint density at radius 2 is 1.71 bits per heavy atom. The quantitative estimate of drug-likeness (QED) is 0.728. The second-order valence-electron chi connectivity index (χ2n) is 7.65. The molecular formula is C24H27N3O. The molecule has 3 aromatic rings. The molecule has 1 aliphatic rings. The summed E-state index contributed by atoms with van der Waals surface area (Å²) in [7, 11) is 0. The van der Waals surface area contributed by atoms with E-state index in [4.69, 9.17) is 0 Å². The van der Waals surface area contributed by atoms with Crippen LogP contribution in [0.1, 0.15) is 34.3 Å². The first-order valence-corrected chi connectivity index (χ1v) is 9.99. The van der Waals surface area contributed by atoms with Crippen LogP contribution in [0.3, 0.4) is 0 Å². The number of hydrogen-bond acceptors (Lipinski definition) is 2. The molecule has 0 bridgehead atoms. The number of likely N-dealkylation sites (tertiary alicyclic amines) is 1. The van der Waals surface area contributed by atoms with Crippen molar-refractivity contribution in [2.75, 3.05) is 13.1 Å². The van der Waals surface area contributed by atoms with Gasteiger partial charge >= 0.3 is 0 Å². The van der Waals surface area contributed by atoms with Crippen LogP contribution in [-0.4, -0.2) is 34.5 Å². The molecule has 2 aromatic carbocycles. The first-order valence-electron chi connectivity index (χ1n) is 9.99. The van der Waals surface area contributed by atoms with Gasteiger partial charge < -0.3 is 9.88 Å². The number of rotatable bonds is 5. The van der Waals surface area contributed by atoms with Crippen LogP contribution in [0.15, 0.2) is 73.1 Å². The molecule has 4 heteroatoms. The van der Waals surface area contributed by atoms with Gasteiger partial charge in [0, 0.05) is 49.3 Å². The Balaban J connectivity index is 1.28. The van der Waals surface area contributed by atoms with E-state index in [2.05, 4.69) is 41.4 Å². The molecule has 0 unspecified atom stereocenters. The number of nitrogens with zero attached hydrogens (tertiary/aromatic N) is 2. The van der Waals surface area contributed by atoms with E-state index in [0.29, 0.717) is 0 Å². The lowest BCUT2D eigenvalue weighted by Gasteiger charge is -2.32. The minimum Gasteiger partial charge on any atom is -0.349 e. The minimum atomic E-state index is 0.0243. The Kier molecular flexibility index (Phi) is 5.58. The maximum absolute atomic E-state index is 12.6. The van der Waals surface area contributed by atoms with E-state index in [0.717, 1.165) is 43.7 Å². The van der Waals surface area contributed by atoms with Crippen LogP contribution in [0.25, 0.3) is 5.69 Å². The predicted octanol–water partition coefficient (Wildman–Crippen LogP) is 4.18. The third-order valence-corrected chi connectivity index (χ3v) is 5.44. The highest BCUT2D eigenvalue weighted by Gasteiger charge is 2.21. The lowest BCUT2D eigenvalue weighted by Crippen LogP contribution is -2.44. The van der Waals surface area contributed by atoms with Crippen LogP contribution in [-0.2, 0) is 6.54 Å². The molecule has 2 heterocycles. The summed E-state index contributed by atoms with van der Waals surface area (Å²) in [6, 6.07) is 20.7. The minimum absolute atomic E-state index is 0.0243. The number of carbonyl (C=O) groups excluding carboxylic acids is 1. The van der Waals surface area contributed by atoms with Crippen molar-refractivity contribution in [2.45, 2.75) is 32.4 Å². The molecule has 1 aromatic heterocycles. The van der Waals surface area contributed by atoms with E-state index in [-0.39, 0.29) is 11.9 Å². The first-order chi connectivity index (χ1) is 13.7. The van der Waals surface area contributed by atoms with Crippen LogP contribution < -0.4 is 5.32 Å². The van der Waals surface area contributed by atoms with Crippen LogP contribution in [0.5, 0.6) is 0 Å². The molecule has 1 amide bonds. The van der Waals surface area contributed by atoms with E-state index in [9.17, 15) is 4.79 Å².